The van der Waals surface area contributed by atoms with Gasteiger partial charge in [0, 0.05) is 38.8 Å². The Balaban J connectivity index is 2.00. The van der Waals surface area contributed by atoms with Crippen molar-refractivity contribution in [3.05, 3.63) is 23.9 Å². The molecule has 1 aromatic rings. The Morgan fingerprint density at radius 2 is 2.16 bits per heavy atom. The molecular weight excluding hydrogens is 240 g/mol. The molecule has 0 atom stereocenters. The summed E-state index contributed by atoms with van der Waals surface area (Å²) in [6, 6.07) is 5.70. The highest BCUT2D eigenvalue weighted by Gasteiger charge is 2.22. The van der Waals surface area contributed by atoms with Crippen molar-refractivity contribution in [1.29, 1.82) is 5.26 Å². The van der Waals surface area contributed by atoms with Crippen molar-refractivity contribution in [2.24, 2.45) is 0 Å². The monoisotopic (exact) mass is 258 g/mol. The lowest BCUT2D eigenvalue weighted by molar-refractivity contribution is -0.131. The molecule has 0 spiro atoms. The molecule has 0 radical (unpaired) electrons. The van der Waals surface area contributed by atoms with E-state index in [-0.39, 0.29) is 5.91 Å². The van der Waals surface area contributed by atoms with E-state index in [0.29, 0.717) is 25.1 Å². The molecule has 0 unspecified atom stereocenters. The van der Waals surface area contributed by atoms with Crippen LogP contribution in [0.1, 0.15) is 25.3 Å². The number of carbonyl (C=O) groups is 1. The number of nitrogens with zero attached hydrogens (tertiary/aromatic N) is 4. The molecule has 0 saturated carbocycles. The van der Waals surface area contributed by atoms with Crippen molar-refractivity contribution in [3.63, 3.8) is 0 Å². The van der Waals surface area contributed by atoms with Crippen LogP contribution in [0, 0.1) is 11.3 Å². The summed E-state index contributed by atoms with van der Waals surface area (Å²) in [4.78, 5) is 20.1. The van der Waals surface area contributed by atoms with E-state index in [1.165, 1.54) is 0 Å². The Hall–Kier alpha value is -2.09. The first-order chi connectivity index (χ1) is 9.26. The van der Waals surface area contributed by atoms with Gasteiger partial charge in [-0.2, -0.15) is 5.26 Å². The largest absolute Gasteiger partial charge is 0.352 e. The van der Waals surface area contributed by atoms with E-state index in [1.54, 1.807) is 18.3 Å². The highest BCUT2D eigenvalue weighted by atomic mass is 16.2. The van der Waals surface area contributed by atoms with Crippen LogP contribution in [0.4, 0.5) is 5.82 Å². The third-order valence-corrected chi connectivity index (χ3v) is 3.30. The van der Waals surface area contributed by atoms with E-state index in [4.69, 9.17) is 5.26 Å². The molecule has 1 aliphatic heterocycles. The minimum absolute atomic E-state index is 0.226. The maximum absolute atomic E-state index is 11.8. The van der Waals surface area contributed by atoms with Crippen LogP contribution in [-0.2, 0) is 4.79 Å². The number of nitriles is 1. The summed E-state index contributed by atoms with van der Waals surface area (Å²) in [6.07, 6.45) is 3.20. The second-order valence-electron chi connectivity index (χ2n) is 4.60. The van der Waals surface area contributed by atoms with Crippen molar-refractivity contribution < 1.29 is 4.79 Å². The molecule has 1 aromatic heterocycles. The first-order valence-corrected chi connectivity index (χ1v) is 6.64. The van der Waals surface area contributed by atoms with E-state index in [9.17, 15) is 4.79 Å². The van der Waals surface area contributed by atoms with Crippen LogP contribution in [-0.4, -0.2) is 42.0 Å². The van der Waals surface area contributed by atoms with Crippen molar-refractivity contribution in [3.8, 4) is 6.07 Å². The van der Waals surface area contributed by atoms with Gasteiger partial charge in [-0.1, -0.05) is 6.92 Å². The smallest absolute Gasteiger partial charge is 0.222 e. The third kappa shape index (κ3) is 3.02. The van der Waals surface area contributed by atoms with E-state index >= 15 is 0 Å². The van der Waals surface area contributed by atoms with Gasteiger partial charge in [0.1, 0.15) is 11.9 Å². The zero-order valence-electron chi connectivity index (χ0n) is 11.2. The summed E-state index contributed by atoms with van der Waals surface area (Å²) in [5, 5.41) is 9.08. The Morgan fingerprint density at radius 3 is 2.79 bits per heavy atom. The van der Waals surface area contributed by atoms with Crippen LogP contribution in [0.5, 0.6) is 0 Å². The summed E-state index contributed by atoms with van der Waals surface area (Å²) < 4.78 is 0. The Bertz CT molecular complexity index is 486. The number of pyridine rings is 1. The Labute approximate surface area is 113 Å². The number of amides is 1. The van der Waals surface area contributed by atoms with Crippen molar-refractivity contribution >= 4 is 11.7 Å². The Kier molecular flexibility index (Phi) is 4.35. The van der Waals surface area contributed by atoms with Crippen molar-refractivity contribution in [1.82, 2.24) is 9.88 Å². The van der Waals surface area contributed by atoms with Crippen LogP contribution in [0.3, 0.4) is 0 Å². The third-order valence-electron chi connectivity index (χ3n) is 3.30. The van der Waals surface area contributed by atoms with Gasteiger partial charge in [0.2, 0.25) is 5.91 Å². The minimum Gasteiger partial charge on any atom is -0.352 e. The lowest BCUT2D eigenvalue weighted by Crippen LogP contribution is -2.49. The van der Waals surface area contributed by atoms with Gasteiger partial charge in [-0.3, -0.25) is 4.79 Å². The first-order valence-electron chi connectivity index (χ1n) is 6.64. The van der Waals surface area contributed by atoms with Gasteiger partial charge in [-0.15, -0.1) is 0 Å². The van der Waals surface area contributed by atoms with Crippen LogP contribution in [0.2, 0.25) is 0 Å². The number of carbonyl (C=O) groups excluding carboxylic acids is 1. The molecule has 0 aromatic carbocycles. The second kappa shape index (κ2) is 6.19. The highest BCUT2D eigenvalue weighted by molar-refractivity contribution is 5.76. The zero-order valence-corrected chi connectivity index (χ0v) is 11.2. The summed E-state index contributed by atoms with van der Waals surface area (Å²) >= 11 is 0. The predicted molar refractivity (Wildman–Crippen MR) is 72.7 cm³/mol. The van der Waals surface area contributed by atoms with Gasteiger partial charge in [0.25, 0.3) is 0 Å². The minimum atomic E-state index is 0.226. The van der Waals surface area contributed by atoms with E-state index in [2.05, 4.69) is 16.0 Å². The van der Waals surface area contributed by atoms with E-state index in [1.807, 2.05) is 11.8 Å². The van der Waals surface area contributed by atoms with Gasteiger partial charge in [0.15, 0.2) is 0 Å². The topological polar surface area (TPSA) is 60.2 Å². The maximum atomic E-state index is 11.8. The number of anilines is 1. The molecule has 2 rings (SSSR count). The molecular formula is C14H18N4O. The van der Waals surface area contributed by atoms with Crippen LogP contribution in [0.15, 0.2) is 18.3 Å². The summed E-state index contributed by atoms with van der Waals surface area (Å²) in [6.45, 7) is 4.91. The molecule has 5 heteroatoms. The highest BCUT2D eigenvalue weighted by Crippen LogP contribution is 2.18. The normalized spacial score (nSPS) is 15.2. The summed E-state index contributed by atoms with van der Waals surface area (Å²) in [5.74, 6) is 0.955. The molecule has 100 valence electrons. The molecule has 2 heterocycles. The lowest BCUT2D eigenvalue weighted by atomic mass is 10.2. The molecule has 1 fully saturated rings. The molecule has 0 bridgehead atoms. The molecule has 1 saturated heterocycles. The van der Waals surface area contributed by atoms with E-state index < -0.39 is 0 Å². The van der Waals surface area contributed by atoms with Crippen LogP contribution < -0.4 is 4.90 Å². The summed E-state index contributed by atoms with van der Waals surface area (Å²) in [5.41, 5.74) is 0.593. The Morgan fingerprint density at radius 1 is 1.42 bits per heavy atom. The van der Waals surface area contributed by atoms with Gasteiger partial charge >= 0.3 is 0 Å². The van der Waals surface area contributed by atoms with Crippen LogP contribution in [0.25, 0.3) is 0 Å². The number of hydrogen-bond donors (Lipinski definition) is 0. The van der Waals surface area contributed by atoms with E-state index in [0.717, 1.165) is 25.3 Å². The SMILES string of the molecule is CCCC(=O)N1CCN(c2ncccc2C#N)CC1. The van der Waals surface area contributed by atoms with Crippen molar-refractivity contribution in [2.45, 2.75) is 19.8 Å². The molecule has 0 aliphatic carbocycles. The molecule has 19 heavy (non-hydrogen) atoms. The van der Waals surface area contributed by atoms with Crippen molar-refractivity contribution in [2.75, 3.05) is 31.1 Å². The molecule has 0 N–H and O–H groups in total. The first kappa shape index (κ1) is 13.3. The van der Waals surface area contributed by atoms with Gasteiger partial charge in [-0.05, 0) is 18.6 Å². The fraction of sp³-hybridized carbons (Fsp3) is 0.500. The average Bonchev–Trinajstić information content (AvgIpc) is 2.47. The van der Waals surface area contributed by atoms with Gasteiger partial charge < -0.3 is 9.80 Å². The maximum Gasteiger partial charge on any atom is 0.222 e. The van der Waals surface area contributed by atoms with Crippen LogP contribution >= 0.6 is 0 Å². The standard InChI is InChI=1S/C14H18N4O/c1-2-4-13(19)17-7-9-18(10-8-17)14-12(11-15)5-3-6-16-14/h3,5-6H,2,4,7-10H2,1H3. The van der Waals surface area contributed by atoms with Gasteiger partial charge in [0.05, 0.1) is 5.56 Å². The number of piperazine rings is 1. The fourth-order valence-electron chi connectivity index (χ4n) is 2.28. The molecule has 1 amide bonds. The fourth-order valence-corrected chi connectivity index (χ4v) is 2.28. The number of aromatic nitrogens is 1. The quantitative estimate of drug-likeness (QED) is 0.822. The number of hydrogen-bond acceptors (Lipinski definition) is 4. The second-order valence-corrected chi connectivity index (χ2v) is 4.60. The zero-order chi connectivity index (χ0) is 13.7. The number of rotatable bonds is 3. The molecule has 1 aliphatic rings. The average molecular weight is 258 g/mol. The predicted octanol–water partition coefficient (Wildman–Crippen LogP) is 1.40. The summed E-state index contributed by atoms with van der Waals surface area (Å²) in [7, 11) is 0. The van der Waals surface area contributed by atoms with Gasteiger partial charge in [-0.25, -0.2) is 4.98 Å². The lowest BCUT2D eigenvalue weighted by Gasteiger charge is -2.35. The molecule has 5 nitrogen and oxygen atoms in total.